The van der Waals surface area contributed by atoms with Gasteiger partial charge in [-0.1, -0.05) is 25.1 Å². The van der Waals surface area contributed by atoms with Gasteiger partial charge in [0.2, 0.25) is 11.8 Å². The lowest BCUT2D eigenvalue weighted by molar-refractivity contribution is -0.127. The highest BCUT2D eigenvalue weighted by atomic mass is 32.1. The van der Waals surface area contributed by atoms with Crippen LogP contribution in [0.5, 0.6) is 17.2 Å². The second-order valence-corrected chi connectivity index (χ2v) is 10.6. The number of carbonyl (C=O) groups is 3. The van der Waals surface area contributed by atoms with Gasteiger partial charge in [0, 0.05) is 17.3 Å². The largest absolute Gasteiger partial charge is 0.497 e. The lowest BCUT2D eigenvalue weighted by Gasteiger charge is -2.35. The number of thiophene rings is 1. The van der Waals surface area contributed by atoms with Crippen molar-refractivity contribution < 1.29 is 28.6 Å². The fourth-order valence-corrected chi connectivity index (χ4v) is 4.71. The Hall–Kier alpha value is -4.05. The van der Waals surface area contributed by atoms with Crippen LogP contribution in [-0.2, 0) is 9.59 Å². The van der Waals surface area contributed by atoms with Gasteiger partial charge in [0.05, 0.1) is 18.5 Å². The van der Waals surface area contributed by atoms with E-state index >= 15 is 0 Å². The van der Waals surface area contributed by atoms with E-state index in [-0.39, 0.29) is 18.4 Å². The van der Waals surface area contributed by atoms with Crippen LogP contribution in [0.4, 0.5) is 5.69 Å². The minimum Gasteiger partial charge on any atom is -0.497 e. The van der Waals surface area contributed by atoms with Crippen LogP contribution in [0.2, 0.25) is 0 Å². The highest BCUT2D eigenvalue weighted by molar-refractivity contribution is 7.12. The van der Waals surface area contributed by atoms with Gasteiger partial charge in [0.25, 0.3) is 5.91 Å². The fourth-order valence-electron chi connectivity index (χ4n) is 4.07. The fraction of sp³-hybridized carbons (Fsp3) is 0.345. The summed E-state index contributed by atoms with van der Waals surface area (Å²) in [5.74, 6) is 0.350. The summed E-state index contributed by atoms with van der Waals surface area (Å²) < 4.78 is 16.9. The van der Waals surface area contributed by atoms with Gasteiger partial charge in [0.1, 0.15) is 25.0 Å². The van der Waals surface area contributed by atoms with Crippen LogP contribution in [0.15, 0.2) is 60.0 Å². The van der Waals surface area contributed by atoms with E-state index in [1.54, 1.807) is 60.0 Å². The summed E-state index contributed by atoms with van der Waals surface area (Å²) in [5, 5.41) is 7.56. The van der Waals surface area contributed by atoms with Gasteiger partial charge < -0.3 is 24.8 Å². The van der Waals surface area contributed by atoms with Crippen molar-refractivity contribution >= 4 is 34.7 Å². The summed E-state index contributed by atoms with van der Waals surface area (Å²) in [4.78, 5) is 42.4. The Bertz CT molecular complexity index is 1320. The molecule has 39 heavy (non-hydrogen) atoms. The van der Waals surface area contributed by atoms with Crippen LogP contribution < -0.4 is 29.7 Å². The summed E-state index contributed by atoms with van der Waals surface area (Å²) in [6.07, 6.45) is 0.679. The first-order valence-electron chi connectivity index (χ1n) is 12.7. The molecule has 2 N–H and O–H groups in total. The van der Waals surface area contributed by atoms with E-state index in [1.807, 2.05) is 20.8 Å². The Morgan fingerprint density at radius 2 is 1.82 bits per heavy atom. The smallest absolute Gasteiger partial charge is 0.261 e. The van der Waals surface area contributed by atoms with E-state index in [1.165, 1.54) is 23.3 Å². The third-order valence-corrected chi connectivity index (χ3v) is 7.35. The van der Waals surface area contributed by atoms with Crippen molar-refractivity contribution in [2.75, 3.05) is 31.8 Å². The Kier molecular flexibility index (Phi) is 8.75. The van der Waals surface area contributed by atoms with E-state index in [2.05, 4.69) is 10.6 Å². The van der Waals surface area contributed by atoms with Gasteiger partial charge >= 0.3 is 0 Å². The molecule has 2 aromatic carbocycles. The minimum absolute atomic E-state index is 0.323. The van der Waals surface area contributed by atoms with Gasteiger partial charge in [0.15, 0.2) is 11.5 Å². The average Bonchev–Trinajstić information content (AvgIpc) is 3.49. The van der Waals surface area contributed by atoms with Crippen molar-refractivity contribution in [2.45, 2.75) is 38.8 Å². The normalized spacial score (nSPS) is 13.2. The molecule has 0 fully saturated rings. The molecular weight excluding hydrogens is 518 g/mol. The molecule has 0 bridgehead atoms. The summed E-state index contributed by atoms with van der Waals surface area (Å²) in [5.41, 5.74) is 0.446. The molecule has 3 amide bonds. The first-order valence-corrected chi connectivity index (χ1v) is 13.6. The molecule has 1 atom stereocenters. The SMILES string of the molecule is CCC(C)(C)NC(=O)[C@@H](c1cccc(OC)c1)N(C(=O)CNC(=O)c1cccs1)c1ccc2c(c1)OCCO2. The van der Waals surface area contributed by atoms with Crippen LogP contribution in [0.1, 0.15) is 48.5 Å². The number of nitrogens with one attached hydrogen (secondary N) is 2. The quantitative estimate of drug-likeness (QED) is 0.388. The second kappa shape index (κ2) is 12.2. The van der Waals surface area contributed by atoms with Crippen LogP contribution in [0.3, 0.4) is 0 Å². The second-order valence-electron chi connectivity index (χ2n) is 9.66. The molecule has 4 rings (SSSR count). The molecule has 206 valence electrons. The number of nitrogens with zero attached hydrogens (tertiary/aromatic N) is 1. The number of methoxy groups -OCH3 is 1. The van der Waals surface area contributed by atoms with Crippen molar-refractivity contribution in [1.29, 1.82) is 0 Å². The number of ether oxygens (including phenoxy) is 3. The van der Waals surface area contributed by atoms with Gasteiger partial charge in [-0.3, -0.25) is 19.3 Å². The number of amides is 3. The predicted octanol–water partition coefficient (Wildman–Crippen LogP) is 4.34. The Balaban J connectivity index is 1.78. The van der Waals surface area contributed by atoms with Gasteiger partial charge in [-0.25, -0.2) is 0 Å². The van der Waals surface area contributed by atoms with E-state index in [0.717, 1.165) is 0 Å². The number of hydrogen-bond acceptors (Lipinski definition) is 7. The molecule has 0 spiro atoms. The van der Waals surface area contributed by atoms with E-state index < -0.39 is 17.5 Å². The van der Waals surface area contributed by atoms with Crippen molar-refractivity contribution in [3.05, 3.63) is 70.4 Å². The van der Waals surface area contributed by atoms with Crippen LogP contribution >= 0.6 is 11.3 Å². The molecule has 0 aliphatic carbocycles. The highest BCUT2D eigenvalue weighted by Crippen LogP contribution is 2.37. The Morgan fingerprint density at radius 3 is 2.51 bits per heavy atom. The topological polar surface area (TPSA) is 106 Å². The van der Waals surface area contributed by atoms with E-state index in [4.69, 9.17) is 14.2 Å². The maximum absolute atomic E-state index is 14.0. The molecule has 0 radical (unpaired) electrons. The molecule has 0 saturated carbocycles. The molecule has 2 heterocycles. The van der Waals surface area contributed by atoms with Crippen LogP contribution in [-0.4, -0.2) is 50.1 Å². The number of benzene rings is 2. The molecule has 1 aromatic heterocycles. The number of fused-ring (bicyclic) bond motifs is 1. The molecule has 0 saturated heterocycles. The monoisotopic (exact) mass is 551 g/mol. The predicted molar refractivity (Wildman–Crippen MR) is 150 cm³/mol. The molecular formula is C29H33N3O6S. The third kappa shape index (κ3) is 6.69. The van der Waals surface area contributed by atoms with Gasteiger partial charge in [-0.15, -0.1) is 11.3 Å². The first kappa shape index (κ1) is 28.0. The molecule has 10 heteroatoms. The number of hydrogen-bond donors (Lipinski definition) is 2. The highest BCUT2D eigenvalue weighted by Gasteiger charge is 2.36. The summed E-state index contributed by atoms with van der Waals surface area (Å²) in [7, 11) is 1.54. The molecule has 3 aromatic rings. The van der Waals surface area contributed by atoms with E-state index in [0.29, 0.717) is 53.0 Å². The van der Waals surface area contributed by atoms with Crippen molar-refractivity contribution in [3.8, 4) is 17.2 Å². The third-order valence-electron chi connectivity index (χ3n) is 6.48. The van der Waals surface area contributed by atoms with Crippen LogP contribution in [0, 0.1) is 0 Å². The zero-order valence-corrected chi connectivity index (χ0v) is 23.3. The zero-order valence-electron chi connectivity index (χ0n) is 22.5. The standard InChI is InChI=1S/C29H33N3O6S/c1-5-29(2,3)31-28(35)26(19-8-6-9-21(16-19)36-4)32(20-11-12-22-23(17-20)38-14-13-37-22)25(33)18-30-27(34)24-10-7-15-39-24/h6-12,15-17,26H,5,13-14,18H2,1-4H3,(H,30,34)(H,31,35)/t26-/m1/s1. The summed E-state index contributed by atoms with van der Waals surface area (Å²) in [6, 6.07) is 14.5. The average molecular weight is 552 g/mol. The zero-order chi connectivity index (χ0) is 28.0. The maximum Gasteiger partial charge on any atom is 0.261 e. The number of rotatable bonds is 10. The lowest BCUT2D eigenvalue weighted by Crippen LogP contribution is -2.52. The molecule has 1 aliphatic heterocycles. The van der Waals surface area contributed by atoms with Crippen molar-refractivity contribution in [3.63, 3.8) is 0 Å². The summed E-state index contributed by atoms with van der Waals surface area (Å²) >= 11 is 1.28. The number of carbonyl (C=O) groups excluding carboxylic acids is 3. The van der Waals surface area contributed by atoms with Crippen molar-refractivity contribution in [2.24, 2.45) is 0 Å². The van der Waals surface area contributed by atoms with Crippen molar-refractivity contribution in [1.82, 2.24) is 10.6 Å². The van der Waals surface area contributed by atoms with Crippen LogP contribution in [0.25, 0.3) is 0 Å². The molecule has 1 aliphatic rings. The maximum atomic E-state index is 14.0. The molecule has 0 unspecified atom stereocenters. The Labute approximate surface area is 232 Å². The lowest BCUT2D eigenvalue weighted by atomic mass is 9.98. The van der Waals surface area contributed by atoms with Gasteiger partial charge in [-0.2, -0.15) is 0 Å². The minimum atomic E-state index is -1.07. The van der Waals surface area contributed by atoms with E-state index in [9.17, 15) is 14.4 Å². The number of anilines is 1. The van der Waals surface area contributed by atoms with Gasteiger partial charge in [-0.05, 0) is 61.5 Å². The summed E-state index contributed by atoms with van der Waals surface area (Å²) in [6.45, 7) is 6.28. The first-order chi connectivity index (χ1) is 18.7. The Morgan fingerprint density at radius 1 is 1.05 bits per heavy atom. The molecule has 9 nitrogen and oxygen atoms in total.